The van der Waals surface area contributed by atoms with Crippen molar-refractivity contribution in [3.8, 4) is 0 Å². The summed E-state index contributed by atoms with van der Waals surface area (Å²) in [4.78, 5) is 23.6. The van der Waals surface area contributed by atoms with Gasteiger partial charge in [-0.15, -0.1) is 0 Å². The van der Waals surface area contributed by atoms with Gasteiger partial charge in [-0.2, -0.15) is 0 Å². The summed E-state index contributed by atoms with van der Waals surface area (Å²) < 4.78 is 5.16. The topological polar surface area (TPSA) is 76.6 Å². The summed E-state index contributed by atoms with van der Waals surface area (Å²) in [6.45, 7) is 0.350. The second kappa shape index (κ2) is 5.34. The predicted octanol–water partition coefficient (Wildman–Crippen LogP) is 2.46. The fraction of sp³-hybridized carbons (Fsp3) is 0.154. The number of nitro groups is 1. The molecule has 0 fully saturated rings. The minimum Gasteiger partial charge on any atom is -0.467 e. The molecule has 0 bridgehead atoms. The first kappa shape index (κ1) is 12.8. The van der Waals surface area contributed by atoms with Crippen LogP contribution in [0.5, 0.6) is 0 Å². The molecule has 0 radical (unpaired) electrons. The molecule has 0 saturated carbocycles. The summed E-state index contributed by atoms with van der Waals surface area (Å²) in [7, 11) is 1.65. The largest absolute Gasteiger partial charge is 0.467 e. The SMILES string of the molecule is CN(Cc1ccco1)C(=O)c1ccc([N+](=O)[O-])cc1. The van der Waals surface area contributed by atoms with Crippen LogP contribution in [-0.2, 0) is 6.54 Å². The summed E-state index contributed by atoms with van der Waals surface area (Å²) in [5.41, 5.74) is 0.366. The van der Waals surface area contributed by atoms with Crippen LogP contribution < -0.4 is 0 Å². The Labute approximate surface area is 109 Å². The van der Waals surface area contributed by atoms with Gasteiger partial charge in [0.25, 0.3) is 11.6 Å². The van der Waals surface area contributed by atoms with Crippen molar-refractivity contribution >= 4 is 11.6 Å². The van der Waals surface area contributed by atoms with Crippen LogP contribution in [0.15, 0.2) is 47.1 Å². The molecule has 1 aromatic carbocycles. The Bertz CT molecular complexity index is 575. The molecule has 1 aromatic heterocycles. The predicted molar refractivity (Wildman–Crippen MR) is 67.6 cm³/mol. The number of benzene rings is 1. The van der Waals surface area contributed by atoms with Crippen molar-refractivity contribution in [2.75, 3.05) is 7.05 Å². The van der Waals surface area contributed by atoms with Gasteiger partial charge in [-0.25, -0.2) is 0 Å². The number of amides is 1. The van der Waals surface area contributed by atoms with E-state index in [1.165, 1.54) is 29.2 Å². The Morgan fingerprint density at radius 1 is 1.32 bits per heavy atom. The van der Waals surface area contributed by atoms with Gasteiger partial charge < -0.3 is 9.32 Å². The van der Waals surface area contributed by atoms with Crippen molar-refractivity contribution in [2.24, 2.45) is 0 Å². The molecule has 19 heavy (non-hydrogen) atoms. The third-order valence-corrected chi connectivity index (χ3v) is 2.64. The summed E-state index contributed by atoms with van der Waals surface area (Å²) in [6.07, 6.45) is 1.54. The van der Waals surface area contributed by atoms with E-state index in [0.29, 0.717) is 17.9 Å². The van der Waals surface area contributed by atoms with Crippen LogP contribution in [0.1, 0.15) is 16.1 Å². The molecular formula is C13H12N2O4. The molecule has 1 amide bonds. The number of hydrogen-bond acceptors (Lipinski definition) is 4. The maximum Gasteiger partial charge on any atom is 0.269 e. The van der Waals surface area contributed by atoms with Gasteiger partial charge >= 0.3 is 0 Å². The minimum atomic E-state index is -0.499. The minimum absolute atomic E-state index is 0.0368. The maximum atomic E-state index is 12.1. The van der Waals surface area contributed by atoms with E-state index in [1.807, 2.05) is 0 Å². The van der Waals surface area contributed by atoms with Gasteiger partial charge in [0.2, 0.25) is 0 Å². The average molecular weight is 260 g/mol. The molecule has 0 atom stereocenters. The van der Waals surface area contributed by atoms with Crippen molar-refractivity contribution < 1.29 is 14.1 Å². The highest BCUT2D eigenvalue weighted by atomic mass is 16.6. The summed E-state index contributed by atoms with van der Waals surface area (Å²) in [5, 5.41) is 10.5. The second-order valence-corrected chi connectivity index (χ2v) is 4.04. The van der Waals surface area contributed by atoms with E-state index in [-0.39, 0.29) is 11.6 Å². The van der Waals surface area contributed by atoms with Gasteiger partial charge in [0.1, 0.15) is 5.76 Å². The number of rotatable bonds is 4. The molecule has 0 saturated heterocycles. The zero-order chi connectivity index (χ0) is 13.8. The molecule has 2 aromatic rings. The van der Waals surface area contributed by atoms with Crippen LogP contribution in [0, 0.1) is 10.1 Å². The van der Waals surface area contributed by atoms with Crippen LogP contribution in [0.2, 0.25) is 0 Å². The Morgan fingerprint density at radius 2 is 2.00 bits per heavy atom. The van der Waals surface area contributed by atoms with Crippen molar-refractivity contribution in [3.05, 3.63) is 64.1 Å². The van der Waals surface area contributed by atoms with Crippen LogP contribution in [-0.4, -0.2) is 22.8 Å². The highest BCUT2D eigenvalue weighted by Crippen LogP contribution is 2.14. The highest BCUT2D eigenvalue weighted by molar-refractivity contribution is 5.94. The molecule has 1 heterocycles. The van der Waals surface area contributed by atoms with E-state index in [2.05, 4.69) is 0 Å². The second-order valence-electron chi connectivity index (χ2n) is 4.04. The Hall–Kier alpha value is -2.63. The Kier molecular flexibility index (Phi) is 3.61. The molecule has 6 heteroatoms. The molecule has 0 unspecified atom stereocenters. The fourth-order valence-electron chi connectivity index (χ4n) is 1.65. The van der Waals surface area contributed by atoms with Gasteiger partial charge in [-0.3, -0.25) is 14.9 Å². The lowest BCUT2D eigenvalue weighted by atomic mass is 10.2. The highest BCUT2D eigenvalue weighted by Gasteiger charge is 2.14. The van der Waals surface area contributed by atoms with Crippen molar-refractivity contribution in [2.45, 2.75) is 6.54 Å². The van der Waals surface area contributed by atoms with Gasteiger partial charge in [0, 0.05) is 24.7 Å². The molecule has 98 valence electrons. The number of carbonyl (C=O) groups is 1. The summed E-state index contributed by atoms with van der Waals surface area (Å²) >= 11 is 0. The zero-order valence-electron chi connectivity index (χ0n) is 10.3. The Morgan fingerprint density at radius 3 is 2.53 bits per heavy atom. The van der Waals surface area contributed by atoms with Gasteiger partial charge in [0.15, 0.2) is 0 Å². The third kappa shape index (κ3) is 2.98. The number of nitrogens with zero attached hydrogens (tertiary/aromatic N) is 2. The first-order valence-electron chi connectivity index (χ1n) is 5.60. The summed E-state index contributed by atoms with van der Waals surface area (Å²) in [6, 6.07) is 9.04. The molecule has 0 spiro atoms. The standard InChI is InChI=1S/C13H12N2O4/c1-14(9-12-3-2-8-19-12)13(16)10-4-6-11(7-5-10)15(17)18/h2-8H,9H2,1H3. The monoisotopic (exact) mass is 260 g/mol. The van der Waals surface area contributed by atoms with E-state index < -0.39 is 4.92 Å². The normalized spacial score (nSPS) is 10.2. The molecule has 0 aliphatic rings. The molecule has 0 aliphatic carbocycles. The number of hydrogen-bond donors (Lipinski definition) is 0. The van der Waals surface area contributed by atoms with E-state index in [1.54, 1.807) is 25.4 Å². The Balaban J connectivity index is 2.08. The zero-order valence-corrected chi connectivity index (χ0v) is 10.3. The lowest BCUT2D eigenvalue weighted by Crippen LogP contribution is -2.25. The fourth-order valence-corrected chi connectivity index (χ4v) is 1.65. The molecule has 6 nitrogen and oxygen atoms in total. The lowest BCUT2D eigenvalue weighted by Gasteiger charge is -2.15. The summed E-state index contributed by atoms with van der Waals surface area (Å²) in [5.74, 6) is 0.462. The molecule has 0 N–H and O–H groups in total. The van der Waals surface area contributed by atoms with Crippen molar-refractivity contribution in [3.63, 3.8) is 0 Å². The first-order chi connectivity index (χ1) is 9.08. The smallest absolute Gasteiger partial charge is 0.269 e. The van der Waals surface area contributed by atoms with Gasteiger partial charge in [-0.05, 0) is 24.3 Å². The molecular weight excluding hydrogens is 248 g/mol. The van der Waals surface area contributed by atoms with E-state index in [0.717, 1.165) is 0 Å². The molecule has 0 aliphatic heterocycles. The van der Waals surface area contributed by atoms with Crippen LogP contribution in [0.4, 0.5) is 5.69 Å². The third-order valence-electron chi connectivity index (χ3n) is 2.64. The first-order valence-corrected chi connectivity index (χ1v) is 5.60. The van der Waals surface area contributed by atoms with Gasteiger partial charge in [-0.1, -0.05) is 0 Å². The van der Waals surface area contributed by atoms with Crippen LogP contribution >= 0.6 is 0 Å². The number of furan rings is 1. The van der Waals surface area contributed by atoms with E-state index in [9.17, 15) is 14.9 Å². The molecule has 2 rings (SSSR count). The van der Waals surface area contributed by atoms with Crippen LogP contribution in [0.3, 0.4) is 0 Å². The van der Waals surface area contributed by atoms with E-state index in [4.69, 9.17) is 4.42 Å². The number of non-ortho nitro benzene ring substituents is 1. The van der Waals surface area contributed by atoms with Crippen molar-refractivity contribution in [1.29, 1.82) is 0 Å². The van der Waals surface area contributed by atoms with Crippen LogP contribution in [0.25, 0.3) is 0 Å². The van der Waals surface area contributed by atoms with Crippen molar-refractivity contribution in [1.82, 2.24) is 4.90 Å². The number of nitro benzene ring substituents is 1. The van der Waals surface area contributed by atoms with E-state index >= 15 is 0 Å². The number of carbonyl (C=O) groups excluding carboxylic acids is 1. The average Bonchev–Trinajstić information content (AvgIpc) is 2.90. The quantitative estimate of drug-likeness (QED) is 0.625. The lowest BCUT2D eigenvalue weighted by molar-refractivity contribution is -0.384. The maximum absolute atomic E-state index is 12.1. The van der Waals surface area contributed by atoms with Gasteiger partial charge in [0.05, 0.1) is 17.7 Å².